The smallest absolute Gasteiger partial charge is 0.365 e. The van der Waals surface area contributed by atoms with Gasteiger partial charge in [-0.3, -0.25) is 4.79 Å². The fourth-order valence-electron chi connectivity index (χ4n) is 3.15. The largest absolute Gasteiger partial charge is 0.497 e. The lowest BCUT2D eigenvalue weighted by atomic mass is 10.0. The summed E-state index contributed by atoms with van der Waals surface area (Å²) in [6.45, 7) is -0.319. The number of aromatic nitrogens is 3. The van der Waals surface area contributed by atoms with Crippen molar-refractivity contribution in [2.24, 2.45) is 5.10 Å². The number of ether oxygens (including phenoxy) is 1. The van der Waals surface area contributed by atoms with Crippen LogP contribution in [0.1, 0.15) is 5.56 Å². The lowest BCUT2D eigenvalue weighted by Crippen LogP contribution is -2.33. The molecular formula is C25H21N5O3. The second kappa shape index (κ2) is 10.1. The van der Waals surface area contributed by atoms with E-state index in [1.54, 1.807) is 31.4 Å². The molecule has 0 fully saturated rings. The second-order valence-corrected chi connectivity index (χ2v) is 7.05. The monoisotopic (exact) mass is 439 g/mol. The van der Waals surface area contributed by atoms with Crippen LogP contribution in [0.2, 0.25) is 0 Å². The highest BCUT2D eigenvalue weighted by molar-refractivity contribution is 5.82. The first-order chi connectivity index (χ1) is 16.1. The summed E-state index contributed by atoms with van der Waals surface area (Å²) in [5.74, 6) is 0.227. The zero-order valence-corrected chi connectivity index (χ0v) is 17.9. The molecule has 0 aliphatic carbocycles. The molecule has 0 aliphatic heterocycles. The molecule has 8 heteroatoms. The Bertz CT molecular complexity index is 1320. The van der Waals surface area contributed by atoms with Gasteiger partial charge in [-0.1, -0.05) is 60.7 Å². The topological polar surface area (TPSA) is 98.5 Å². The average Bonchev–Trinajstić information content (AvgIpc) is 2.86. The Hall–Kier alpha value is -4.59. The van der Waals surface area contributed by atoms with Crippen molar-refractivity contribution < 1.29 is 9.53 Å². The van der Waals surface area contributed by atoms with E-state index in [1.807, 2.05) is 60.7 Å². The van der Waals surface area contributed by atoms with Crippen LogP contribution in [0, 0.1) is 0 Å². The fraction of sp³-hybridized carbons (Fsp3) is 0.0800. The van der Waals surface area contributed by atoms with E-state index >= 15 is 0 Å². The summed E-state index contributed by atoms with van der Waals surface area (Å²) in [7, 11) is 1.59. The number of carbonyl (C=O) groups excluding carboxylic acids is 1. The summed E-state index contributed by atoms with van der Waals surface area (Å²) in [4.78, 5) is 29.3. The van der Waals surface area contributed by atoms with Gasteiger partial charge in [-0.2, -0.15) is 15.2 Å². The van der Waals surface area contributed by atoms with Gasteiger partial charge in [-0.15, -0.1) is 0 Å². The summed E-state index contributed by atoms with van der Waals surface area (Å²) in [5, 5.41) is 8.40. The van der Waals surface area contributed by atoms with Crippen molar-refractivity contribution in [3.63, 3.8) is 0 Å². The molecule has 4 rings (SSSR count). The Labute approximate surface area is 190 Å². The van der Waals surface area contributed by atoms with E-state index in [0.717, 1.165) is 27.1 Å². The van der Waals surface area contributed by atoms with Gasteiger partial charge in [0, 0.05) is 11.1 Å². The van der Waals surface area contributed by atoms with Gasteiger partial charge in [0.2, 0.25) is 0 Å². The van der Waals surface area contributed by atoms with Crippen LogP contribution >= 0.6 is 0 Å². The van der Waals surface area contributed by atoms with Crippen LogP contribution in [-0.4, -0.2) is 34.0 Å². The lowest BCUT2D eigenvalue weighted by Gasteiger charge is -2.11. The number of hydrazone groups is 1. The van der Waals surface area contributed by atoms with Crippen LogP contribution in [0.3, 0.4) is 0 Å². The quantitative estimate of drug-likeness (QED) is 0.352. The first kappa shape index (κ1) is 21.6. The van der Waals surface area contributed by atoms with Crippen molar-refractivity contribution >= 4 is 12.1 Å². The molecule has 0 atom stereocenters. The number of hydrogen-bond acceptors (Lipinski definition) is 6. The molecule has 0 saturated heterocycles. The van der Waals surface area contributed by atoms with Gasteiger partial charge in [0.15, 0.2) is 0 Å². The van der Waals surface area contributed by atoms with Crippen LogP contribution in [-0.2, 0) is 11.3 Å². The Kier molecular flexibility index (Phi) is 6.65. The van der Waals surface area contributed by atoms with Crippen LogP contribution in [0.5, 0.6) is 5.75 Å². The van der Waals surface area contributed by atoms with Gasteiger partial charge < -0.3 is 4.74 Å². The molecule has 1 aromatic heterocycles. The fourth-order valence-corrected chi connectivity index (χ4v) is 3.15. The Morgan fingerprint density at radius 1 is 0.939 bits per heavy atom. The van der Waals surface area contributed by atoms with Crippen molar-refractivity contribution in [3.05, 3.63) is 101 Å². The summed E-state index contributed by atoms with van der Waals surface area (Å²) >= 11 is 0. The zero-order valence-electron chi connectivity index (χ0n) is 17.9. The first-order valence-corrected chi connectivity index (χ1v) is 10.2. The Balaban J connectivity index is 1.57. The summed E-state index contributed by atoms with van der Waals surface area (Å²) < 4.78 is 6.14. The van der Waals surface area contributed by atoms with Gasteiger partial charge in [-0.25, -0.2) is 14.9 Å². The predicted octanol–water partition coefficient (Wildman–Crippen LogP) is 3.13. The van der Waals surface area contributed by atoms with Gasteiger partial charge in [0.1, 0.15) is 23.7 Å². The number of amides is 1. The third-order valence-electron chi connectivity index (χ3n) is 4.78. The second-order valence-electron chi connectivity index (χ2n) is 7.05. The van der Waals surface area contributed by atoms with Crippen molar-refractivity contribution in [2.75, 3.05) is 7.11 Å². The molecular weight excluding hydrogens is 418 g/mol. The van der Waals surface area contributed by atoms with E-state index in [9.17, 15) is 9.59 Å². The molecule has 0 bridgehead atoms. The van der Waals surface area contributed by atoms with Crippen molar-refractivity contribution in [1.82, 2.24) is 20.2 Å². The van der Waals surface area contributed by atoms with Crippen LogP contribution in [0.4, 0.5) is 0 Å². The maximum Gasteiger partial charge on any atom is 0.365 e. The van der Waals surface area contributed by atoms with E-state index < -0.39 is 11.6 Å². The predicted molar refractivity (Wildman–Crippen MR) is 126 cm³/mol. The molecule has 0 unspecified atom stereocenters. The molecule has 1 heterocycles. The van der Waals surface area contributed by atoms with E-state index in [0.29, 0.717) is 11.4 Å². The van der Waals surface area contributed by atoms with Crippen molar-refractivity contribution in [1.29, 1.82) is 0 Å². The first-order valence-electron chi connectivity index (χ1n) is 10.2. The van der Waals surface area contributed by atoms with Gasteiger partial charge in [0.05, 0.1) is 13.3 Å². The molecule has 164 valence electrons. The third-order valence-corrected chi connectivity index (χ3v) is 4.78. The molecule has 1 N–H and O–H groups in total. The van der Waals surface area contributed by atoms with E-state index in [4.69, 9.17) is 4.74 Å². The lowest BCUT2D eigenvalue weighted by molar-refractivity contribution is -0.121. The van der Waals surface area contributed by atoms with E-state index in [-0.39, 0.29) is 6.54 Å². The maximum atomic E-state index is 12.6. The highest BCUT2D eigenvalue weighted by Gasteiger charge is 2.16. The highest BCUT2D eigenvalue weighted by Crippen LogP contribution is 2.27. The molecule has 4 aromatic rings. The van der Waals surface area contributed by atoms with Crippen LogP contribution < -0.4 is 15.9 Å². The summed E-state index contributed by atoms with van der Waals surface area (Å²) in [5.41, 5.74) is 5.10. The van der Waals surface area contributed by atoms with Gasteiger partial charge >= 0.3 is 5.69 Å². The number of carbonyl (C=O) groups is 1. The minimum absolute atomic E-state index is 0.319. The molecule has 3 aromatic carbocycles. The van der Waals surface area contributed by atoms with Crippen molar-refractivity contribution in [3.8, 4) is 28.3 Å². The standard InChI is InChI=1S/C25H21N5O3/c1-33-21-14-12-18(13-15-21)16-26-28-22(31)17-30-25(32)27-23(19-8-4-2-5-9-19)24(29-30)20-10-6-3-7-11-20/h2-16H,17H2,1H3,(H,28,31)/b26-16-. The zero-order chi connectivity index (χ0) is 23.0. The summed E-state index contributed by atoms with van der Waals surface area (Å²) in [6.07, 6.45) is 1.50. The van der Waals surface area contributed by atoms with E-state index in [1.165, 1.54) is 6.21 Å². The summed E-state index contributed by atoms with van der Waals surface area (Å²) in [6, 6.07) is 25.9. The SMILES string of the molecule is COc1ccc(/C=N\NC(=O)Cn2nc(-c3ccccc3)c(-c3ccccc3)nc2=O)cc1. The number of hydrogen-bond donors (Lipinski definition) is 1. The molecule has 33 heavy (non-hydrogen) atoms. The average molecular weight is 439 g/mol. The molecule has 8 nitrogen and oxygen atoms in total. The number of nitrogens with one attached hydrogen (secondary N) is 1. The normalized spacial score (nSPS) is 10.8. The molecule has 0 radical (unpaired) electrons. The van der Waals surface area contributed by atoms with E-state index in [2.05, 4.69) is 20.6 Å². The maximum absolute atomic E-state index is 12.6. The van der Waals surface area contributed by atoms with Gasteiger partial charge in [0.25, 0.3) is 5.91 Å². The molecule has 0 spiro atoms. The van der Waals surface area contributed by atoms with Crippen molar-refractivity contribution in [2.45, 2.75) is 6.54 Å². The molecule has 0 saturated carbocycles. The van der Waals surface area contributed by atoms with Crippen LogP contribution in [0.25, 0.3) is 22.5 Å². The minimum Gasteiger partial charge on any atom is -0.497 e. The number of benzene rings is 3. The Morgan fingerprint density at radius 2 is 1.55 bits per heavy atom. The minimum atomic E-state index is -0.622. The van der Waals surface area contributed by atoms with Crippen LogP contribution in [0.15, 0.2) is 94.8 Å². The molecule has 0 aliphatic rings. The number of methoxy groups -OCH3 is 1. The third kappa shape index (κ3) is 5.37. The van der Waals surface area contributed by atoms with Gasteiger partial charge in [-0.05, 0) is 29.8 Å². The highest BCUT2D eigenvalue weighted by atomic mass is 16.5. The number of rotatable bonds is 7. The molecule has 1 amide bonds. The number of nitrogens with zero attached hydrogens (tertiary/aromatic N) is 4. The Morgan fingerprint density at radius 3 is 2.15 bits per heavy atom.